The molecule has 7 heteroatoms. The van der Waals surface area contributed by atoms with Crippen molar-refractivity contribution in [1.82, 2.24) is 20.1 Å². The molecule has 0 saturated heterocycles. The van der Waals surface area contributed by atoms with Gasteiger partial charge in [0.25, 0.3) is 0 Å². The molecule has 0 bridgehead atoms. The number of hydrogen-bond donors (Lipinski definition) is 1. The molecule has 0 aliphatic heterocycles. The molecular formula is C14H20N4OS2. The van der Waals surface area contributed by atoms with Crippen LogP contribution in [0.5, 0.6) is 0 Å². The summed E-state index contributed by atoms with van der Waals surface area (Å²) in [5, 5.41) is 14.0. The van der Waals surface area contributed by atoms with Crippen molar-refractivity contribution in [3.63, 3.8) is 0 Å². The number of rotatable bonds is 7. The molecule has 0 aliphatic carbocycles. The monoisotopic (exact) mass is 324 g/mol. The molecular weight excluding hydrogens is 304 g/mol. The number of carbonyl (C=O) groups excluding carboxylic acids is 1. The summed E-state index contributed by atoms with van der Waals surface area (Å²) < 4.78 is 1.93. The van der Waals surface area contributed by atoms with E-state index in [1.807, 2.05) is 29.1 Å². The van der Waals surface area contributed by atoms with Crippen molar-refractivity contribution in [3.8, 4) is 10.7 Å². The molecule has 114 valence electrons. The summed E-state index contributed by atoms with van der Waals surface area (Å²) in [6.07, 6.45) is 1.00. The first-order chi connectivity index (χ1) is 10.1. The lowest BCUT2D eigenvalue weighted by Gasteiger charge is -2.07. The first-order valence-electron chi connectivity index (χ1n) is 6.90. The summed E-state index contributed by atoms with van der Waals surface area (Å²) in [6, 6.07) is 4.01. The van der Waals surface area contributed by atoms with E-state index < -0.39 is 0 Å². The normalized spacial score (nSPS) is 11.0. The van der Waals surface area contributed by atoms with E-state index in [4.69, 9.17) is 0 Å². The summed E-state index contributed by atoms with van der Waals surface area (Å²) in [7, 11) is 1.92. The zero-order chi connectivity index (χ0) is 15.2. The third kappa shape index (κ3) is 4.57. The molecule has 2 aromatic heterocycles. The maximum atomic E-state index is 11.8. The first kappa shape index (κ1) is 16.0. The molecule has 0 fully saturated rings. The van der Waals surface area contributed by atoms with Crippen molar-refractivity contribution in [2.45, 2.75) is 25.4 Å². The fraction of sp³-hybridized carbons (Fsp3) is 0.500. The predicted molar refractivity (Wildman–Crippen MR) is 87.5 cm³/mol. The first-order valence-corrected chi connectivity index (χ1v) is 8.77. The van der Waals surface area contributed by atoms with Gasteiger partial charge >= 0.3 is 0 Å². The lowest BCUT2D eigenvalue weighted by atomic mass is 10.1. The molecule has 0 aromatic carbocycles. The molecule has 0 atom stereocenters. The second-order valence-electron chi connectivity index (χ2n) is 5.16. The van der Waals surface area contributed by atoms with Gasteiger partial charge in [0, 0.05) is 13.6 Å². The fourth-order valence-corrected chi connectivity index (χ4v) is 3.23. The van der Waals surface area contributed by atoms with Crippen LogP contribution < -0.4 is 5.32 Å². The van der Waals surface area contributed by atoms with Crippen LogP contribution in [0.15, 0.2) is 22.7 Å². The van der Waals surface area contributed by atoms with Gasteiger partial charge in [0.05, 0.1) is 10.6 Å². The van der Waals surface area contributed by atoms with Crippen molar-refractivity contribution in [3.05, 3.63) is 17.5 Å². The number of thioether (sulfide) groups is 1. The number of nitrogens with one attached hydrogen (secondary N) is 1. The Morgan fingerprint density at radius 2 is 2.29 bits per heavy atom. The van der Waals surface area contributed by atoms with Crippen LogP contribution in [0.2, 0.25) is 0 Å². The minimum Gasteiger partial charge on any atom is -0.355 e. The Morgan fingerprint density at radius 3 is 2.95 bits per heavy atom. The lowest BCUT2D eigenvalue weighted by Crippen LogP contribution is -2.27. The molecule has 0 spiro atoms. The van der Waals surface area contributed by atoms with E-state index in [1.165, 1.54) is 11.8 Å². The Kier molecular flexibility index (Phi) is 5.81. The van der Waals surface area contributed by atoms with Crippen LogP contribution in [0.4, 0.5) is 0 Å². The summed E-state index contributed by atoms with van der Waals surface area (Å²) in [5.41, 5.74) is 0. The molecule has 2 rings (SSSR count). The Labute approximate surface area is 133 Å². The van der Waals surface area contributed by atoms with Gasteiger partial charge in [-0.3, -0.25) is 4.79 Å². The van der Waals surface area contributed by atoms with Crippen LogP contribution in [0.25, 0.3) is 10.7 Å². The van der Waals surface area contributed by atoms with E-state index in [1.54, 1.807) is 11.3 Å². The summed E-state index contributed by atoms with van der Waals surface area (Å²) in [6.45, 7) is 5.02. The largest absolute Gasteiger partial charge is 0.355 e. The average molecular weight is 324 g/mol. The molecule has 5 nitrogen and oxygen atoms in total. The van der Waals surface area contributed by atoms with E-state index in [0.717, 1.165) is 28.8 Å². The highest BCUT2D eigenvalue weighted by Gasteiger charge is 2.13. The topological polar surface area (TPSA) is 59.8 Å². The fourth-order valence-electron chi connectivity index (χ4n) is 1.74. The van der Waals surface area contributed by atoms with Crippen molar-refractivity contribution in [2.75, 3.05) is 12.3 Å². The molecule has 2 heterocycles. The third-order valence-electron chi connectivity index (χ3n) is 2.95. The van der Waals surface area contributed by atoms with Crippen molar-refractivity contribution in [2.24, 2.45) is 13.0 Å². The van der Waals surface area contributed by atoms with Gasteiger partial charge in [-0.1, -0.05) is 31.7 Å². The van der Waals surface area contributed by atoms with Gasteiger partial charge in [-0.05, 0) is 23.8 Å². The summed E-state index contributed by atoms with van der Waals surface area (Å²) >= 11 is 3.04. The van der Waals surface area contributed by atoms with Crippen LogP contribution in [0.1, 0.15) is 20.3 Å². The Hall–Kier alpha value is -1.34. The SMILES string of the molecule is CC(C)CCNC(=O)CSc1nnc(-c2cccs2)n1C. The maximum absolute atomic E-state index is 11.8. The molecule has 1 amide bonds. The van der Waals surface area contributed by atoms with Crippen LogP contribution in [-0.2, 0) is 11.8 Å². The highest BCUT2D eigenvalue weighted by Crippen LogP contribution is 2.25. The van der Waals surface area contributed by atoms with Crippen LogP contribution in [0.3, 0.4) is 0 Å². The van der Waals surface area contributed by atoms with Gasteiger partial charge in [-0.15, -0.1) is 21.5 Å². The minimum atomic E-state index is 0.0429. The van der Waals surface area contributed by atoms with Crippen molar-refractivity contribution >= 4 is 29.0 Å². The highest BCUT2D eigenvalue weighted by atomic mass is 32.2. The maximum Gasteiger partial charge on any atom is 0.230 e. The van der Waals surface area contributed by atoms with E-state index in [2.05, 4.69) is 29.4 Å². The van der Waals surface area contributed by atoms with Gasteiger partial charge in [-0.2, -0.15) is 0 Å². The standard InChI is InChI=1S/C14H20N4OS2/c1-10(2)6-7-15-12(19)9-21-14-17-16-13(18(14)3)11-5-4-8-20-11/h4-5,8,10H,6-7,9H2,1-3H3,(H,15,19). The molecule has 1 N–H and O–H groups in total. The number of hydrogen-bond acceptors (Lipinski definition) is 5. The smallest absolute Gasteiger partial charge is 0.230 e. The van der Waals surface area contributed by atoms with E-state index in [-0.39, 0.29) is 5.91 Å². The minimum absolute atomic E-state index is 0.0429. The second kappa shape index (κ2) is 7.61. The van der Waals surface area contributed by atoms with Gasteiger partial charge in [0.2, 0.25) is 5.91 Å². The quantitative estimate of drug-likeness (QED) is 0.796. The Bertz CT molecular complexity index is 578. The lowest BCUT2D eigenvalue weighted by molar-refractivity contribution is -0.118. The van der Waals surface area contributed by atoms with Gasteiger partial charge < -0.3 is 9.88 Å². The van der Waals surface area contributed by atoms with Gasteiger partial charge in [0.1, 0.15) is 0 Å². The number of aromatic nitrogens is 3. The van der Waals surface area contributed by atoms with Gasteiger partial charge in [-0.25, -0.2) is 0 Å². The third-order valence-corrected chi connectivity index (χ3v) is 4.84. The molecule has 0 unspecified atom stereocenters. The highest BCUT2D eigenvalue weighted by molar-refractivity contribution is 7.99. The van der Waals surface area contributed by atoms with Gasteiger partial charge in [0.15, 0.2) is 11.0 Å². The molecule has 0 aliphatic rings. The zero-order valence-corrected chi connectivity index (χ0v) is 14.1. The van der Waals surface area contributed by atoms with E-state index in [0.29, 0.717) is 11.7 Å². The van der Waals surface area contributed by atoms with Crippen molar-refractivity contribution in [1.29, 1.82) is 0 Å². The predicted octanol–water partition coefficient (Wildman–Crippen LogP) is 2.80. The number of amides is 1. The number of thiophene rings is 1. The molecule has 21 heavy (non-hydrogen) atoms. The zero-order valence-electron chi connectivity index (χ0n) is 12.5. The summed E-state index contributed by atoms with van der Waals surface area (Å²) in [4.78, 5) is 12.8. The van der Waals surface area contributed by atoms with Crippen LogP contribution in [0, 0.1) is 5.92 Å². The van der Waals surface area contributed by atoms with E-state index in [9.17, 15) is 4.79 Å². The molecule has 0 radical (unpaired) electrons. The number of carbonyl (C=O) groups is 1. The molecule has 0 saturated carbocycles. The number of nitrogens with zero attached hydrogens (tertiary/aromatic N) is 3. The summed E-state index contributed by atoms with van der Waals surface area (Å²) in [5.74, 6) is 1.85. The van der Waals surface area contributed by atoms with Crippen LogP contribution in [-0.4, -0.2) is 33.0 Å². The second-order valence-corrected chi connectivity index (χ2v) is 7.05. The van der Waals surface area contributed by atoms with Crippen molar-refractivity contribution < 1.29 is 4.79 Å². The molecule has 2 aromatic rings. The Morgan fingerprint density at radius 1 is 1.48 bits per heavy atom. The Balaban J connectivity index is 1.85. The average Bonchev–Trinajstić information content (AvgIpc) is 3.05. The van der Waals surface area contributed by atoms with E-state index >= 15 is 0 Å². The van der Waals surface area contributed by atoms with Crippen LogP contribution >= 0.6 is 23.1 Å².